The molecule has 1 heterocycles. The largest absolute Gasteiger partial charge is 0.374 e. The van der Waals surface area contributed by atoms with Gasteiger partial charge in [0.15, 0.2) is 0 Å². The third-order valence-electron chi connectivity index (χ3n) is 7.90. The Bertz CT molecular complexity index is 549. The fourth-order valence-corrected chi connectivity index (χ4v) is 5.40. The van der Waals surface area contributed by atoms with Gasteiger partial charge in [-0.05, 0) is 88.0 Å². The molecule has 0 saturated carbocycles. The SMILES string of the molecule is CCOC1C2=CC(OCCCC/C=C(\C)CCCC(C)CCCC(C)CC2)C(C)C1C. The lowest BCUT2D eigenvalue weighted by atomic mass is 9.76. The van der Waals surface area contributed by atoms with Crippen molar-refractivity contribution in [2.45, 2.75) is 124 Å². The predicted molar refractivity (Wildman–Crippen MR) is 134 cm³/mol. The third-order valence-corrected chi connectivity index (χ3v) is 7.90. The summed E-state index contributed by atoms with van der Waals surface area (Å²) in [6, 6.07) is 0. The Hall–Kier alpha value is -0.600. The first-order chi connectivity index (χ1) is 14.9. The molecular formula is C29H52O2. The number of hydrogen-bond acceptors (Lipinski definition) is 2. The molecule has 0 fully saturated rings. The van der Waals surface area contributed by atoms with Crippen molar-refractivity contribution in [3.05, 3.63) is 23.3 Å². The van der Waals surface area contributed by atoms with E-state index in [1.807, 2.05) is 0 Å². The van der Waals surface area contributed by atoms with E-state index in [0.29, 0.717) is 11.8 Å². The van der Waals surface area contributed by atoms with Gasteiger partial charge in [-0.1, -0.05) is 71.1 Å². The molecular weight excluding hydrogens is 380 g/mol. The molecule has 0 spiro atoms. The van der Waals surface area contributed by atoms with Gasteiger partial charge in [0.1, 0.15) is 0 Å². The molecule has 0 aromatic heterocycles. The smallest absolute Gasteiger partial charge is 0.0814 e. The van der Waals surface area contributed by atoms with Gasteiger partial charge in [-0.25, -0.2) is 0 Å². The first-order valence-electron chi connectivity index (χ1n) is 13.5. The summed E-state index contributed by atoms with van der Waals surface area (Å²) < 4.78 is 12.7. The van der Waals surface area contributed by atoms with Crippen LogP contribution in [0.3, 0.4) is 0 Å². The maximum absolute atomic E-state index is 6.42. The van der Waals surface area contributed by atoms with E-state index in [0.717, 1.165) is 31.5 Å². The monoisotopic (exact) mass is 432 g/mol. The molecule has 2 nitrogen and oxygen atoms in total. The van der Waals surface area contributed by atoms with Crippen molar-refractivity contribution in [2.75, 3.05) is 13.2 Å². The van der Waals surface area contributed by atoms with Crippen LogP contribution in [0.2, 0.25) is 0 Å². The first kappa shape index (κ1) is 26.7. The van der Waals surface area contributed by atoms with E-state index in [1.54, 1.807) is 5.57 Å². The number of ether oxygens (including phenoxy) is 2. The van der Waals surface area contributed by atoms with Crippen LogP contribution in [0.25, 0.3) is 0 Å². The van der Waals surface area contributed by atoms with Crippen LogP contribution in [0.1, 0.15) is 112 Å². The highest BCUT2D eigenvalue weighted by Gasteiger charge is 2.35. The lowest BCUT2D eigenvalue weighted by Gasteiger charge is -2.39. The van der Waals surface area contributed by atoms with Crippen LogP contribution in [0, 0.1) is 23.7 Å². The summed E-state index contributed by atoms with van der Waals surface area (Å²) in [4.78, 5) is 0. The second-order valence-corrected chi connectivity index (χ2v) is 10.8. The van der Waals surface area contributed by atoms with Crippen molar-refractivity contribution < 1.29 is 9.47 Å². The Morgan fingerprint density at radius 3 is 2.32 bits per heavy atom. The zero-order valence-electron chi connectivity index (χ0n) is 21.6. The molecule has 0 amide bonds. The molecule has 0 radical (unpaired) electrons. The standard InChI is InChI=1S/C29H52O2/c1-7-30-29-26(6)25(5)28-21-27(29)19-18-24(4)17-12-16-23(3)15-11-14-22(2)13-9-8-10-20-31-28/h13,21,23-26,28-29H,7-12,14-20H2,1-6H3/b22-13+. The fraction of sp³-hybridized carbons (Fsp3) is 0.862. The Morgan fingerprint density at radius 1 is 0.871 bits per heavy atom. The topological polar surface area (TPSA) is 18.5 Å². The maximum Gasteiger partial charge on any atom is 0.0814 e. The predicted octanol–water partition coefficient (Wildman–Crippen LogP) is 8.51. The summed E-state index contributed by atoms with van der Waals surface area (Å²) in [5, 5.41) is 0. The summed E-state index contributed by atoms with van der Waals surface area (Å²) >= 11 is 0. The Labute approximate surface area is 194 Å². The zero-order valence-corrected chi connectivity index (χ0v) is 21.6. The van der Waals surface area contributed by atoms with Crippen molar-refractivity contribution in [1.29, 1.82) is 0 Å². The van der Waals surface area contributed by atoms with Gasteiger partial charge in [-0.15, -0.1) is 0 Å². The maximum atomic E-state index is 6.42. The van der Waals surface area contributed by atoms with E-state index in [9.17, 15) is 0 Å². The van der Waals surface area contributed by atoms with Crippen LogP contribution in [-0.4, -0.2) is 25.4 Å². The molecule has 0 saturated heterocycles. The van der Waals surface area contributed by atoms with Crippen LogP contribution in [0.5, 0.6) is 0 Å². The molecule has 0 aromatic rings. The van der Waals surface area contributed by atoms with Gasteiger partial charge in [0.05, 0.1) is 12.2 Å². The molecule has 0 N–H and O–H groups in total. The molecule has 0 aromatic carbocycles. The average Bonchev–Trinajstić information content (AvgIpc) is 2.73. The lowest BCUT2D eigenvalue weighted by Crippen LogP contribution is -2.40. The first-order valence-corrected chi connectivity index (χ1v) is 13.5. The molecule has 6 atom stereocenters. The summed E-state index contributed by atoms with van der Waals surface area (Å²) in [5.41, 5.74) is 3.09. The molecule has 2 aliphatic rings. The fourth-order valence-electron chi connectivity index (χ4n) is 5.40. The molecule has 2 rings (SSSR count). The average molecular weight is 433 g/mol. The van der Waals surface area contributed by atoms with E-state index in [1.165, 1.54) is 69.8 Å². The van der Waals surface area contributed by atoms with E-state index in [4.69, 9.17) is 9.47 Å². The van der Waals surface area contributed by atoms with E-state index >= 15 is 0 Å². The number of fused-ring (bicyclic) bond motifs is 1. The zero-order chi connectivity index (χ0) is 22.6. The van der Waals surface area contributed by atoms with Gasteiger partial charge in [0.2, 0.25) is 0 Å². The highest BCUT2D eigenvalue weighted by atomic mass is 16.5. The van der Waals surface area contributed by atoms with Crippen molar-refractivity contribution in [3.8, 4) is 0 Å². The van der Waals surface area contributed by atoms with Crippen LogP contribution in [0.4, 0.5) is 0 Å². The van der Waals surface area contributed by atoms with E-state index in [2.05, 4.69) is 53.7 Å². The molecule has 6 unspecified atom stereocenters. The van der Waals surface area contributed by atoms with Crippen LogP contribution in [0.15, 0.2) is 23.3 Å². The highest BCUT2D eigenvalue weighted by molar-refractivity contribution is 5.18. The van der Waals surface area contributed by atoms with Gasteiger partial charge in [-0.2, -0.15) is 0 Å². The summed E-state index contributed by atoms with van der Waals surface area (Å²) in [6.45, 7) is 15.8. The summed E-state index contributed by atoms with van der Waals surface area (Å²) in [5.74, 6) is 2.69. The molecule has 2 bridgehead atoms. The van der Waals surface area contributed by atoms with Crippen LogP contribution < -0.4 is 0 Å². The highest BCUT2D eigenvalue weighted by Crippen LogP contribution is 2.36. The molecule has 1 aliphatic carbocycles. The van der Waals surface area contributed by atoms with Crippen molar-refractivity contribution in [2.24, 2.45) is 23.7 Å². The normalized spacial score (nSPS) is 37.4. The Morgan fingerprint density at radius 2 is 1.58 bits per heavy atom. The second-order valence-electron chi connectivity index (χ2n) is 10.8. The van der Waals surface area contributed by atoms with Gasteiger partial charge >= 0.3 is 0 Å². The van der Waals surface area contributed by atoms with Crippen molar-refractivity contribution in [3.63, 3.8) is 0 Å². The summed E-state index contributed by atoms with van der Waals surface area (Å²) in [6.07, 6.45) is 19.6. The van der Waals surface area contributed by atoms with E-state index in [-0.39, 0.29) is 12.2 Å². The van der Waals surface area contributed by atoms with Gasteiger partial charge in [-0.3, -0.25) is 0 Å². The minimum Gasteiger partial charge on any atom is -0.374 e. The molecule has 2 heteroatoms. The van der Waals surface area contributed by atoms with Crippen molar-refractivity contribution in [1.82, 2.24) is 0 Å². The Balaban J connectivity index is 2.04. The summed E-state index contributed by atoms with van der Waals surface area (Å²) in [7, 11) is 0. The van der Waals surface area contributed by atoms with Crippen molar-refractivity contribution >= 4 is 0 Å². The number of allylic oxidation sites excluding steroid dienone is 2. The lowest BCUT2D eigenvalue weighted by molar-refractivity contribution is -0.0328. The third kappa shape index (κ3) is 9.42. The Kier molecular flexibility index (Phi) is 12.5. The molecule has 180 valence electrons. The van der Waals surface area contributed by atoms with Crippen LogP contribution >= 0.6 is 0 Å². The number of rotatable bonds is 2. The van der Waals surface area contributed by atoms with Gasteiger partial charge in [0.25, 0.3) is 0 Å². The van der Waals surface area contributed by atoms with Crippen LogP contribution in [-0.2, 0) is 9.47 Å². The van der Waals surface area contributed by atoms with Gasteiger partial charge < -0.3 is 9.47 Å². The minimum absolute atomic E-state index is 0.251. The van der Waals surface area contributed by atoms with E-state index < -0.39 is 0 Å². The molecule has 1 aliphatic heterocycles. The quantitative estimate of drug-likeness (QED) is 0.407. The number of hydrogen-bond donors (Lipinski definition) is 0. The molecule has 31 heavy (non-hydrogen) atoms. The van der Waals surface area contributed by atoms with Gasteiger partial charge in [0, 0.05) is 13.2 Å². The second kappa shape index (κ2) is 14.5. The minimum atomic E-state index is 0.251.